The van der Waals surface area contributed by atoms with Crippen LogP contribution in [0.4, 0.5) is 11.4 Å². The average Bonchev–Trinajstić information content (AvgIpc) is 2.68. The molecule has 0 saturated heterocycles. The molecule has 0 unspecified atom stereocenters. The Hall–Kier alpha value is -3.74. The lowest BCUT2D eigenvalue weighted by Gasteiger charge is -2.24. The van der Waals surface area contributed by atoms with E-state index in [1.165, 1.54) is 18.2 Å². The van der Waals surface area contributed by atoms with E-state index in [0.717, 1.165) is 6.20 Å². The van der Waals surface area contributed by atoms with E-state index in [1.807, 2.05) is 10.4 Å². The third kappa shape index (κ3) is 3.94. The van der Waals surface area contributed by atoms with Gasteiger partial charge in [-0.3, -0.25) is 24.6 Å². The molecule has 0 saturated carbocycles. The fourth-order valence-corrected chi connectivity index (χ4v) is 3.60. The van der Waals surface area contributed by atoms with E-state index in [-0.39, 0.29) is 16.8 Å². The lowest BCUT2D eigenvalue weighted by molar-refractivity contribution is 0.0954. The van der Waals surface area contributed by atoms with Crippen LogP contribution >= 0.6 is 0 Å². The number of anilines is 2. The highest BCUT2D eigenvalue weighted by atomic mass is 32.2. The first-order valence-electron chi connectivity index (χ1n) is 8.03. The molecule has 1 heterocycles. The lowest BCUT2D eigenvalue weighted by atomic mass is 9.97. The number of benzene rings is 2. The van der Waals surface area contributed by atoms with E-state index in [9.17, 15) is 27.4 Å². The molecule has 3 rings (SSSR count). The summed E-state index contributed by atoms with van der Waals surface area (Å²) in [6.45, 7) is 0. The summed E-state index contributed by atoms with van der Waals surface area (Å²) in [5, 5.41) is 0. The number of aromatic nitrogens is 2. The zero-order chi connectivity index (χ0) is 21.2. The van der Waals surface area contributed by atoms with Gasteiger partial charge in [0.15, 0.2) is 0 Å². The number of rotatable bonds is 5. The second kappa shape index (κ2) is 7.71. The Morgan fingerprint density at radius 1 is 1.03 bits per heavy atom. The van der Waals surface area contributed by atoms with Gasteiger partial charge in [0.1, 0.15) is 5.69 Å². The maximum Gasteiger partial charge on any atom is 0.364 e. The van der Waals surface area contributed by atoms with Crippen LogP contribution in [0.1, 0.15) is 10.4 Å². The molecule has 0 spiro atoms. The summed E-state index contributed by atoms with van der Waals surface area (Å²) < 4.78 is 34.6. The van der Waals surface area contributed by atoms with Crippen LogP contribution in [0.5, 0.6) is 0 Å². The van der Waals surface area contributed by atoms with Crippen molar-refractivity contribution in [2.24, 2.45) is 5.84 Å². The van der Waals surface area contributed by atoms with Crippen LogP contribution in [-0.4, -0.2) is 28.8 Å². The molecule has 1 amide bonds. The van der Waals surface area contributed by atoms with E-state index in [4.69, 9.17) is 5.84 Å². The van der Waals surface area contributed by atoms with Crippen molar-refractivity contribution in [1.29, 1.82) is 0 Å². The molecule has 0 bridgehead atoms. The van der Waals surface area contributed by atoms with E-state index in [2.05, 4.69) is 4.98 Å². The predicted molar refractivity (Wildman–Crippen MR) is 105 cm³/mol. The van der Waals surface area contributed by atoms with Crippen LogP contribution in [0.3, 0.4) is 0 Å². The monoisotopic (exact) mass is 417 g/mol. The Bertz CT molecular complexity index is 1280. The first kappa shape index (κ1) is 20.0. The van der Waals surface area contributed by atoms with Crippen LogP contribution in [0.15, 0.2) is 64.3 Å². The molecule has 6 N–H and O–H groups in total. The van der Waals surface area contributed by atoms with Gasteiger partial charge in [0.05, 0.1) is 11.3 Å². The Morgan fingerprint density at radius 3 is 2.31 bits per heavy atom. The van der Waals surface area contributed by atoms with Crippen molar-refractivity contribution < 1.29 is 17.8 Å². The van der Waals surface area contributed by atoms with Crippen LogP contribution in [0.2, 0.25) is 0 Å². The minimum absolute atomic E-state index is 0.00861. The molecule has 150 valence electrons. The standard InChI is InChI=1S/C17H15N5O6S/c18-21-15(23)11-7-4-8-12(14(11)10-5-2-1-3-6-10)22(29(26,27)28)13-9-19-17(25)20-16(13)24/h1-9H,18H2,(H,21,23)(H,26,27,28)(H2,19,20,24,25). The zero-order valence-corrected chi connectivity index (χ0v) is 15.4. The normalized spacial score (nSPS) is 11.1. The van der Waals surface area contributed by atoms with Crippen LogP contribution in [0, 0.1) is 0 Å². The number of nitrogen functional groups attached to an aromatic ring is 1. The second-order valence-corrected chi connectivity index (χ2v) is 7.00. The third-order valence-corrected chi connectivity index (χ3v) is 4.80. The molecule has 11 nitrogen and oxygen atoms in total. The fraction of sp³-hybridized carbons (Fsp3) is 0. The van der Waals surface area contributed by atoms with E-state index >= 15 is 0 Å². The highest BCUT2D eigenvalue weighted by Crippen LogP contribution is 2.38. The number of aromatic amines is 2. The highest BCUT2D eigenvalue weighted by molar-refractivity contribution is 7.87. The number of hydrazine groups is 1. The summed E-state index contributed by atoms with van der Waals surface area (Å²) >= 11 is 0. The van der Waals surface area contributed by atoms with Gasteiger partial charge in [-0.05, 0) is 17.7 Å². The topological polar surface area (TPSA) is 178 Å². The number of hydrogen-bond donors (Lipinski definition) is 5. The van der Waals surface area contributed by atoms with Gasteiger partial charge in [0, 0.05) is 11.8 Å². The summed E-state index contributed by atoms with van der Waals surface area (Å²) in [6.07, 6.45) is 0.833. The Morgan fingerprint density at radius 2 is 1.72 bits per heavy atom. The van der Waals surface area contributed by atoms with Crippen molar-refractivity contribution in [3.05, 3.63) is 81.1 Å². The summed E-state index contributed by atoms with van der Waals surface area (Å²) in [5.41, 5.74) is -0.279. The first-order chi connectivity index (χ1) is 13.7. The quantitative estimate of drug-likeness (QED) is 0.171. The average molecular weight is 417 g/mol. The first-order valence-corrected chi connectivity index (χ1v) is 9.43. The molecule has 0 fully saturated rings. The molecule has 0 aliphatic carbocycles. The van der Waals surface area contributed by atoms with Gasteiger partial charge in [-0.2, -0.15) is 8.42 Å². The van der Waals surface area contributed by atoms with E-state index in [1.54, 1.807) is 30.3 Å². The van der Waals surface area contributed by atoms with Crippen molar-refractivity contribution >= 4 is 27.6 Å². The summed E-state index contributed by atoms with van der Waals surface area (Å²) in [5.74, 6) is 4.51. The maximum absolute atomic E-state index is 12.3. The zero-order valence-electron chi connectivity index (χ0n) is 14.6. The van der Waals surface area contributed by atoms with Crippen molar-refractivity contribution in [3.63, 3.8) is 0 Å². The van der Waals surface area contributed by atoms with Crippen molar-refractivity contribution in [1.82, 2.24) is 15.4 Å². The minimum Gasteiger partial charge on any atom is -0.312 e. The molecule has 0 aliphatic rings. The van der Waals surface area contributed by atoms with Crippen molar-refractivity contribution in [2.75, 3.05) is 4.31 Å². The molecule has 2 aromatic carbocycles. The Labute approximate surface area is 163 Å². The smallest absolute Gasteiger partial charge is 0.312 e. The third-order valence-electron chi connectivity index (χ3n) is 3.95. The Kier molecular flexibility index (Phi) is 5.32. The number of nitrogens with zero attached hydrogens (tertiary/aromatic N) is 1. The molecule has 12 heteroatoms. The lowest BCUT2D eigenvalue weighted by Crippen LogP contribution is -2.34. The molecular formula is C17H15N5O6S. The number of amides is 1. The van der Waals surface area contributed by atoms with Gasteiger partial charge in [0.2, 0.25) is 0 Å². The van der Waals surface area contributed by atoms with Gasteiger partial charge in [0.25, 0.3) is 11.5 Å². The summed E-state index contributed by atoms with van der Waals surface area (Å²) in [7, 11) is -5.06. The number of nitrogens with one attached hydrogen (secondary N) is 3. The largest absolute Gasteiger partial charge is 0.364 e. The van der Waals surface area contributed by atoms with Crippen LogP contribution in [-0.2, 0) is 10.3 Å². The molecular weight excluding hydrogens is 402 g/mol. The van der Waals surface area contributed by atoms with Gasteiger partial charge >= 0.3 is 16.0 Å². The van der Waals surface area contributed by atoms with Gasteiger partial charge in [-0.25, -0.2) is 14.9 Å². The molecule has 29 heavy (non-hydrogen) atoms. The molecule has 0 radical (unpaired) electrons. The summed E-state index contributed by atoms with van der Waals surface area (Å²) in [6, 6.07) is 12.3. The van der Waals surface area contributed by atoms with Gasteiger partial charge in [-0.15, -0.1) is 0 Å². The highest BCUT2D eigenvalue weighted by Gasteiger charge is 2.29. The van der Waals surface area contributed by atoms with E-state index in [0.29, 0.717) is 9.87 Å². The number of nitrogens with two attached hydrogens (primary N) is 1. The second-order valence-electron chi connectivity index (χ2n) is 5.74. The predicted octanol–water partition coefficient (Wildman–Crippen LogP) is 0.275. The van der Waals surface area contributed by atoms with Crippen LogP contribution < -0.4 is 26.8 Å². The van der Waals surface area contributed by atoms with Gasteiger partial charge in [-0.1, -0.05) is 36.4 Å². The Balaban J connectivity index is 2.42. The van der Waals surface area contributed by atoms with Crippen LogP contribution in [0.25, 0.3) is 11.1 Å². The number of carbonyl (C=O) groups excluding carboxylic acids is 1. The number of hydrogen-bond acceptors (Lipinski definition) is 6. The number of H-pyrrole nitrogens is 2. The maximum atomic E-state index is 12.3. The van der Waals surface area contributed by atoms with Crippen molar-refractivity contribution in [2.45, 2.75) is 0 Å². The fourth-order valence-electron chi connectivity index (χ4n) is 2.82. The minimum atomic E-state index is -5.06. The molecule has 0 aliphatic heterocycles. The molecule has 0 atom stereocenters. The SMILES string of the molecule is NNC(=O)c1cccc(N(c2c[nH]c(=O)[nH]c2=O)S(=O)(=O)O)c1-c1ccccc1. The summed E-state index contributed by atoms with van der Waals surface area (Å²) in [4.78, 5) is 39.9. The van der Waals surface area contributed by atoms with Crippen molar-refractivity contribution in [3.8, 4) is 11.1 Å². The molecule has 1 aromatic heterocycles. The number of carbonyl (C=O) groups is 1. The van der Waals surface area contributed by atoms with Gasteiger partial charge < -0.3 is 4.98 Å². The molecule has 3 aromatic rings. The van der Waals surface area contributed by atoms with E-state index < -0.39 is 33.1 Å².